The lowest BCUT2D eigenvalue weighted by atomic mass is 9.99. The minimum atomic E-state index is -4.70. The van der Waals surface area contributed by atoms with E-state index in [4.69, 9.17) is 4.98 Å². The average Bonchev–Trinajstić information content (AvgIpc) is 2.65. The van der Waals surface area contributed by atoms with Crippen LogP contribution in [0.5, 0.6) is 5.75 Å². The summed E-state index contributed by atoms with van der Waals surface area (Å²) in [5.41, 5.74) is 1.85. The van der Waals surface area contributed by atoms with Crippen molar-refractivity contribution in [2.45, 2.75) is 65.4 Å². The molecule has 0 spiro atoms. The molecule has 0 unspecified atom stereocenters. The van der Waals surface area contributed by atoms with Crippen LogP contribution in [-0.4, -0.2) is 28.9 Å². The number of alkyl halides is 3. The van der Waals surface area contributed by atoms with Crippen LogP contribution in [0, 0.1) is 0 Å². The Morgan fingerprint density at radius 1 is 1.14 bits per heavy atom. The molecule has 29 heavy (non-hydrogen) atoms. The predicted octanol–water partition coefficient (Wildman–Crippen LogP) is 5.27. The van der Waals surface area contributed by atoms with Gasteiger partial charge >= 0.3 is 6.36 Å². The standard InChI is InChI=1S/C21H27F3N4O/c1-5-14(4)25-18-11-19(27-20(26-18)13(2)3)28-9-8-15-6-7-17(10-16(15)12-28)29-21(22,23)24/h6-7,10-11,13-14H,5,8-9,12H2,1-4H3,(H,25,26,27)/t14-/m0/s1. The van der Waals surface area contributed by atoms with Crippen LogP contribution in [0.1, 0.15) is 57.0 Å². The molecule has 1 atom stereocenters. The van der Waals surface area contributed by atoms with E-state index in [0.717, 1.165) is 48.0 Å². The van der Waals surface area contributed by atoms with E-state index < -0.39 is 6.36 Å². The predicted molar refractivity (Wildman–Crippen MR) is 107 cm³/mol. The van der Waals surface area contributed by atoms with Gasteiger partial charge in [0.1, 0.15) is 23.2 Å². The number of ether oxygens (including phenoxy) is 1. The summed E-state index contributed by atoms with van der Waals surface area (Å²) in [4.78, 5) is 11.4. The Morgan fingerprint density at radius 3 is 2.55 bits per heavy atom. The second kappa shape index (κ2) is 8.47. The summed E-state index contributed by atoms with van der Waals surface area (Å²) in [6.07, 6.45) is -3.00. The number of hydrogen-bond acceptors (Lipinski definition) is 5. The maximum Gasteiger partial charge on any atom is 0.573 e. The van der Waals surface area contributed by atoms with Crippen molar-refractivity contribution in [3.63, 3.8) is 0 Å². The first-order valence-electron chi connectivity index (χ1n) is 9.92. The maximum absolute atomic E-state index is 12.6. The van der Waals surface area contributed by atoms with E-state index in [-0.39, 0.29) is 17.7 Å². The molecule has 0 radical (unpaired) electrons. The van der Waals surface area contributed by atoms with Gasteiger partial charge in [0.25, 0.3) is 0 Å². The third-order valence-corrected chi connectivity index (χ3v) is 5.00. The molecule has 0 fully saturated rings. The summed E-state index contributed by atoms with van der Waals surface area (Å²) in [7, 11) is 0. The summed E-state index contributed by atoms with van der Waals surface area (Å²) in [5.74, 6) is 2.27. The van der Waals surface area contributed by atoms with Gasteiger partial charge in [-0.25, -0.2) is 9.97 Å². The summed E-state index contributed by atoms with van der Waals surface area (Å²) < 4.78 is 41.7. The van der Waals surface area contributed by atoms with Crippen molar-refractivity contribution >= 4 is 11.6 Å². The van der Waals surface area contributed by atoms with Crippen molar-refractivity contribution in [3.8, 4) is 5.75 Å². The zero-order valence-corrected chi connectivity index (χ0v) is 17.2. The van der Waals surface area contributed by atoms with E-state index in [0.29, 0.717) is 6.54 Å². The van der Waals surface area contributed by atoms with Gasteiger partial charge in [-0.1, -0.05) is 26.8 Å². The van der Waals surface area contributed by atoms with Crippen molar-refractivity contribution < 1.29 is 17.9 Å². The second-order valence-electron chi connectivity index (χ2n) is 7.73. The lowest BCUT2D eigenvalue weighted by molar-refractivity contribution is -0.274. The molecule has 1 aromatic heterocycles. The number of aromatic nitrogens is 2. The van der Waals surface area contributed by atoms with Gasteiger partial charge in [-0.2, -0.15) is 0 Å². The minimum Gasteiger partial charge on any atom is -0.406 e. The van der Waals surface area contributed by atoms with E-state index >= 15 is 0 Å². The van der Waals surface area contributed by atoms with Crippen molar-refractivity contribution in [3.05, 3.63) is 41.2 Å². The van der Waals surface area contributed by atoms with Crippen molar-refractivity contribution in [2.75, 3.05) is 16.8 Å². The van der Waals surface area contributed by atoms with E-state index in [1.807, 2.05) is 19.9 Å². The molecule has 0 saturated heterocycles. The van der Waals surface area contributed by atoms with Gasteiger partial charge < -0.3 is 15.0 Å². The number of benzene rings is 1. The highest BCUT2D eigenvalue weighted by atomic mass is 19.4. The molecule has 1 aliphatic rings. The van der Waals surface area contributed by atoms with Crippen LogP contribution in [0.3, 0.4) is 0 Å². The topological polar surface area (TPSA) is 50.3 Å². The van der Waals surface area contributed by atoms with Crippen LogP contribution in [0.4, 0.5) is 24.8 Å². The zero-order chi connectivity index (χ0) is 21.2. The zero-order valence-electron chi connectivity index (χ0n) is 17.2. The highest BCUT2D eigenvalue weighted by molar-refractivity contribution is 5.52. The number of hydrogen-bond donors (Lipinski definition) is 1. The number of anilines is 2. The minimum absolute atomic E-state index is 0.163. The second-order valence-corrected chi connectivity index (χ2v) is 7.73. The number of nitrogens with one attached hydrogen (secondary N) is 1. The summed E-state index contributed by atoms with van der Waals surface area (Å²) in [6.45, 7) is 9.49. The molecule has 0 bridgehead atoms. The monoisotopic (exact) mass is 408 g/mol. The number of fused-ring (bicyclic) bond motifs is 1. The third kappa shape index (κ3) is 5.52. The fourth-order valence-electron chi connectivity index (χ4n) is 3.23. The van der Waals surface area contributed by atoms with Gasteiger partial charge in [0.15, 0.2) is 0 Å². The van der Waals surface area contributed by atoms with Crippen LogP contribution >= 0.6 is 0 Å². The van der Waals surface area contributed by atoms with Gasteiger partial charge in [0.05, 0.1) is 0 Å². The molecule has 8 heteroatoms. The van der Waals surface area contributed by atoms with Gasteiger partial charge in [0, 0.05) is 31.1 Å². The maximum atomic E-state index is 12.6. The lowest BCUT2D eigenvalue weighted by Gasteiger charge is -2.31. The Balaban J connectivity index is 1.87. The molecule has 2 heterocycles. The molecule has 1 aliphatic heterocycles. The summed E-state index contributed by atoms with van der Waals surface area (Å²) in [5, 5.41) is 3.40. The Labute approximate surface area is 169 Å². The smallest absolute Gasteiger partial charge is 0.406 e. The quantitative estimate of drug-likeness (QED) is 0.706. The SMILES string of the molecule is CC[C@H](C)Nc1cc(N2CCc3ccc(OC(F)(F)F)cc3C2)nc(C(C)C)n1. The van der Waals surface area contributed by atoms with E-state index in [1.165, 1.54) is 12.1 Å². The largest absolute Gasteiger partial charge is 0.573 e. The van der Waals surface area contributed by atoms with E-state index in [2.05, 4.69) is 33.8 Å². The summed E-state index contributed by atoms with van der Waals surface area (Å²) >= 11 is 0. The Morgan fingerprint density at radius 2 is 1.90 bits per heavy atom. The van der Waals surface area contributed by atoms with Crippen molar-refractivity contribution in [1.29, 1.82) is 0 Å². The Hall–Kier alpha value is -2.51. The molecule has 0 aliphatic carbocycles. The first kappa shape index (κ1) is 21.2. The van der Waals surface area contributed by atoms with E-state index in [9.17, 15) is 13.2 Å². The number of rotatable bonds is 6. The van der Waals surface area contributed by atoms with Crippen LogP contribution in [0.25, 0.3) is 0 Å². The number of halogens is 3. The first-order chi connectivity index (χ1) is 13.6. The van der Waals surface area contributed by atoms with Gasteiger partial charge in [-0.15, -0.1) is 13.2 Å². The van der Waals surface area contributed by atoms with Crippen LogP contribution in [0.2, 0.25) is 0 Å². The lowest BCUT2D eigenvalue weighted by Crippen LogP contribution is -2.31. The Bertz CT molecular complexity index is 854. The molecular formula is C21H27F3N4O. The molecular weight excluding hydrogens is 381 g/mol. The van der Waals surface area contributed by atoms with Crippen molar-refractivity contribution in [1.82, 2.24) is 9.97 Å². The highest BCUT2D eigenvalue weighted by Gasteiger charge is 2.31. The van der Waals surface area contributed by atoms with Crippen molar-refractivity contribution in [2.24, 2.45) is 0 Å². The highest BCUT2D eigenvalue weighted by Crippen LogP contribution is 2.30. The van der Waals surface area contributed by atoms with Crippen LogP contribution < -0.4 is 15.0 Å². The number of nitrogens with zero attached hydrogens (tertiary/aromatic N) is 3. The molecule has 1 N–H and O–H groups in total. The first-order valence-corrected chi connectivity index (χ1v) is 9.92. The fraction of sp³-hybridized carbons (Fsp3) is 0.524. The molecule has 3 rings (SSSR count). The van der Waals surface area contributed by atoms with E-state index in [1.54, 1.807) is 6.07 Å². The van der Waals surface area contributed by atoms with Gasteiger partial charge in [-0.3, -0.25) is 0 Å². The fourth-order valence-corrected chi connectivity index (χ4v) is 3.23. The van der Waals surface area contributed by atoms with Crippen LogP contribution in [-0.2, 0) is 13.0 Å². The average molecular weight is 408 g/mol. The molecule has 1 aromatic carbocycles. The molecule has 5 nitrogen and oxygen atoms in total. The normalized spacial score (nSPS) is 15.2. The van der Waals surface area contributed by atoms with Gasteiger partial charge in [0.2, 0.25) is 0 Å². The molecule has 158 valence electrons. The third-order valence-electron chi connectivity index (χ3n) is 5.00. The molecule has 2 aromatic rings. The van der Waals surface area contributed by atoms with Gasteiger partial charge in [-0.05, 0) is 43.0 Å². The molecule has 0 saturated carbocycles. The summed E-state index contributed by atoms with van der Waals surface area (Å²) in [6, 6.07) is 6.75. The van der Waals surface area contributed by atoms with Crippen LogP contribution in [0.15, 0.2) is 24.3 Å². The molecule has 0 amide bonds. The Kier molecular flexibility index (Phi) is 6.19.